The maximum absolute atomic E-state index is 12.5. The predicted octanol–water partition coefficient (Wildman–Crippen LogP) is 5.78. The van der Waals surface area contributed by atoms with Crippen molar-refractivity contribution >= 4 is 17.0 Å². The van der Waals surface area contributed by atoms with Gasteiger partial charge in [-0.05, 0) is 41.3 Å². The minimum absolute atomic E-state index is 0.187. The number of aromatic hydroxyl groups is 1. The van der Waals surface area contributed by atoms with E-state index in [1.54, 1.807) is 18.2 Å². The number of aryl methyl sites for hydroxylation is 1. The van der Waals surface area contributed by atoms with Gasteiger partial charge in [-0.3, -0.25) is 4.79 Å². The van der Waals surface area contributed by atoms with Crippen molar-refractivity contribution in [1.82, 2.24) is 0 Å². The lowest BCUT2D eigenvalue weighted by Crippen LogP contribution is -2.02. The van der Waals surface area contributed by atoms with Crippen LogP contribution in [0, 0.1) is 6.92 Å². The summed E-state index contributed by atoms with van der Waals surface area (Å²) in [6, 6.07) is 20.9. The molecule has 0 amide bonds. The highest BCUT2D eigenvalue weighted by Crippen LogP contribution is 2.32. The average molecular weight is 354 g/mol. The lowest BCUT2D eigenvalue weighted by atomic mass is 10.0. The molecule has 0 aliphatic rings. The summed E-state index contributed by atoms with van der Waals surface area (Å²) < 4.78 is 5.86. The molecule has 0 unspecified atom stereocenters. The first-order chi connectivity index (χ1) is 13.1. The number of fused-ring (bicyclic) bond motifs is 1. The first-order valence-electron chi connectivity index (χ1n) is 8.66. The van der Waals surface area contributed by atoms with Gasteiger partial charge in [-0.15, -0.1) is 0 Å². The van der Waals surface area contributed by atoms with Crippen molar-refractivity contribution in [3.05, 3.63) is 94.7 Å². The van der Waals surface area contributed by atoms with E-state index >= 15 is 0 Å². The number of hydrogen-bond acceptors (Lipinski definition) is 3. The topological polar surface area (TPSA) is 50.4 Å². The Bertz CT molecular complexity index is 1200. The fourth-order valence-electron chi connectivity index (χ4n) is 3.11. The van der Waals surface area contributed by atoms with Crippen LogP contribution < -0.4 is 5.43 Å². The Morgan fingerprint density at radius 1 is 0.889 bits per heavy atom. The third kappa shape index (κ3) is 3.04. The lowest BCUT2D eigenvalue weighted by Gasteiger charge is -2.08. The molecule has 3 nitrogen and oxygen atoms in total. The zero-order valence-corrected chi connectivity index (χ0v) is 14.9. The van der Waals surface area contributed by atoms with Gasteiger partial charge in [0.25, 0.3) is 0 Å². The third-order valence-electron chi connectivity index (χ3n) is 4.65. The molecule has 3 heteroatoms. The average Bonchev–Trinajstić information content (AvgIpc) is 2.71. The molecule has 0 bridgehead atoms. The Morgan fingerprint density at radius 2 is 1.48 bits per heavy atom. The van der Waals surface area contributed by atoms with E-state index in [0.717, 1.165) is 22.3 Å². The Balaban J connectivity index is 1.78. The first kappa shape index (κ1) is 16.9. The van der Waals surface area contributed by atoms with Crippen LogP contribution in [0.25, 0.3) is 39.5 Å². The van der Waals surface area contributed by atoms with Gasteiger partial charge in [0.2, 0.25) is 11.2 Å². The Kier molecular flexibility index (Phi) is 4.13. The molecule has 0 atom stereocenters. The first-order valence-corrected chi connectivity index (χ1v) is 8.66. The predicted molar refractivity (Wildman–Crippen MR) is 110 cm³/mol. The molecule has 1 heterocycles. The molecule has 1 N–H and O–H groups in total. The van der Waals surface area contributed by atoms with Crippen molar-refractivity contribution in [3.8, 4) is 28.2 Å². The molecule has 27 heavy (non-hydrogen) atoms. The fourth-order valence-corrected chi connectivity index (χ4v) is 3.11. The molecule has 0 fully saturated rings. The molecule has 0 radical (unpaired) electrons. The van der Waals surface area contributed by atoms with E-state index in [1.807, 2.05) is 61.5 Å². The molecule has 0 aliphatic heterocycles. The van der Waals surface area contributed by atoms with Gasteiger partial charge >= 0.3 is 0 Å². The number of rotatable bonds is 3. The van der Waals surface area contributed by atoms with E-state index in [4.69, 9.17) is 4.42 Å². The van der Waals surface area contributed by atoms with Gasteiger partial charge in [0.05, 0.1) is 5.39 Å². The minimum Gasteiger partial charge on any atom is -0.502 e. The van der Waals surface area contributed by atoms with Crippen molar-refractivity contribution in [1.29, 1.82) is 0 Å². The van der Waals surface area contributed by atoms with Gasteiger partial charge in [0.15, 0.2) is 5.76 Å². The van der Waals surface area contributed by atoms with Gasteiger partial charge in [0, 0.05) is 5.56 Å². The summed E-state index contributed by atoms with van der Waals surface area (Å²) in [5.74, 6) is -0.180. The zero-order chi connectivity index (χ0) is 19.0. The summed E-state index contributed by atoms with van der Waals surface area (Å²) in [4.78, 5) is 12.5. The van der Waals surface area contributed by atoms with Crippen molar-refractivity contribution in [2.45, 2.75) is 6.92 Å². The maximum Gasteiger partial charge on any atom is 0.235 e. The molecule has 0 saturated carbocycles. The van der Waals surface area contributed by atoms with Gasteiger partial charge in [-0.1, -0.05) is 67.3 Å². The molecule has 1 aromatic heterocycles. The van der Waals surface area contributed by atoms with Crippen LogP contribution in [0.4, 0.5) is 0 Å². The van der Waals surface area contributed by atoms with Crippen LogP contribution in [0.5, 0.6) is 5.75 Å². The smallest absolute Gasteiger partial charge is 0.235 e. The monoisotopic (exact) mass is 354 g/mol. The third-order valence-corrected chi connectivity index (χ3v) is 4.65. The van der Waals surface area contributed by atoms with Crippen LogP contribution in [-0.4, -0.2) is 5.11 Å². The summed E-state index contributed by atoms with van der Waals surface area (Å²) >= 11 is 0. The summed E-state index contributed by atoms with van der Waals surface area (Å²) in [6.45, 7) is 5.69. The minimum atomic E-state index is -0.421. The van der Waals surface area contributed by atoms with Crippen molar-refractivity contribution in [2.75, 3.05) is 0 Å². The van der Waals surface area contributed by atoms with E-state index in [0.29, 0.717) is 16.5 Å². The molecule has 132 valence electrons. The summed E-state index contributed by atoms with van der Waals surface area (Å²) in [5, 5.41) is 10.7. The fraction of sp³-hybridized carbons (Fsp3) is 0.0417. The van der Waals surface area contributed by atoms with Crippen LogP contribution in [0.3, 0.4) is 0 Å². The van der Waals surface area contributed by atoms with E-state index < -0.39 is 5.43 Å². The highest BCUT2D eigenvalue weighted by atomic mass is 16.4. The standard InChI is InChI=1S/C24H18O3/c1-3-16-5-7-17(8-6-16)18-9-11-19(12-10-18)24-23(26)22(25)20-13-4-15(2)14-21(20)27-24/h3-14,26H,1H2,2H3. The SMILES string of the molecule is C=Cc1ccc(-c2ccc(-c3oc4cc(C)ccc4c(=O)c3O)cc2)cc1. The molecule has 3 aromatic carbocycles. The zero-order valence-electron chi connectivity index (χ0n) is 14.9. The normalized spacial score (nSPS) is 10.9. The largest absolute Gasteiger partial charge is 0.502 e. The van der Waals surface area contributed by atoms with E-state index in [9.17, 15) is 9.90 Å². The summed E-state index contributed by atoms with van der Waals surface area (Å²) in [7, 11) is 0. The van der Waals surface area contributed by atoms with E-state index in [-0.39, 0.29) is 11.5 Å². The second kappa shape index (κ2) is 6.61. The summed E-state index contributed by atoms with van der Waals surface area (Å²) in [6.07, 6.45) is 1.80. The summed E-state index contributed by atoms with van der Waals surface area (Å²) in [5.41, 5.74) is 4.86. The second-order valence-electron chi connectivity index (χ2n) is 6.51. The van der Waals surface area contributed by atoms with Crippen molar-refractivity contribution in [2.24, 2.45) is 0 Å². The van der Waals surface area contributed by atoms with E-state index in [2.05, 4.69) is 6.58 Å². The molecule has 4 aromatic rings. The lowest BCUT2D eigenvalue weighted by molar-refractivity contribution is 0.449. The van der Waals surface area contributed by atoms with Crippen LogP contribution >= 0.6 is 0 Å². The molecular formula is C24H18O3. The maximum atomic E-state index is 12.5. The van der Waals surface area contributed by atoms with Crippen LogP contribution in [-0.2, 0) is 0 Å². The Hall–Kier alpha value is -3.59. The van der Waals surface area contributed by atoms with Gasteiger partial charge in [0.1, 0.15) is 5.58 Å². The number of hydrogen-bond donors (Lipinski definition) is 1. The number of benzene rings is 3. The van der Waals surface area contributed by atoms with Crippen molar-refractivity contribution in [3.63, 3.8) is 0 Å². The Morgan fingerprint density at radius 3 is 2.11 bits per heavy atom. The highest BCUT2D eigenvalue weighted by Gasteiger charge is 2.15. The van der Waals surface area contributed by atoms with Gasteiger partial charge in [-0.2, -0.15) is 0 Å². The molecule has 4 rings (SSSR count). The van der Waals surface area contributed by atoms with Crippen LogP contribution in [0.2, 0.25) is 0 Å². The van der Waals surface area contributed by atoms with Crippen LogP contribution in [0.15, 0.2) is 82.5 Å². The van der Waals surface area contributed by atoms with Crippen LogP contribution in [0.1, 0.15) is 11.1 Å². The molecule has 0 spiro atoms. The molecule has 0 saturated heterocycles. The van der Waals surface area contributed by atoms with Crippen molar-refractivity contribution < 1.29 is 9.52 Å². The molecular weight excluding hydrogens is 336 g/mol. The Labute approximate surface area is 156 Å². The molecule has 0 aliphatic carbocycles. The van der Waals surface area contributed by atoms with Gasteiger partial charge < -0.3 is 9.52 Å². The van der Waals surface area contributed by atoms with Gasteiger partial charge in [-0.25, -0.2) is 0 Å². The highest BCUT2D eigenvalue weighted by molar-refractivity contribution is 5.82. The second-order valence-corrected chi connectivity index (χ2v) is 6.51. The quantitative estimate of drug-likeness (QED) is 0.507. The van der Waals surface area contributed by atoms with E-state index in [1.165, 1.54) is 0 Å².